The van der Waals surface area contributed by atoms with Gasteiger partial charge in [-0.15, -0.1) is 0 Å². The van der Waals surface area contributed by atoms with Crippen molar-refractivity contribution in [2.24, 2.45) is 0 Å². The van der Waals surface area contributed by atoms with Crippen molar-refractivity contribution >= 4 is 0 Å². The van der Waals surface area contributed by atoms with E-state index in [2.05, 4.69) is 0 Å². The van der Waals surface area contributed by atoms with Crippen LogP contribution in [0.5, 0.6) is 0 Å². The van der Waals surface area contributed by atoms with Crippen LogP contribution < -0.4 is 0 Å². The lowest BCUT2D eigenvalue weighted by Gasteiger charge is -2.14. The molecule has 1 aromatic carbocycles. The molecule has 1 rings (SSSR count). The maximum atomic E-state index is 12.9. The van der Waals surface area contributed by atoms with Crippen LogP contribution in [0.2, 0.25) is 0 Å². The van der Waals surface area contributed by atoms with E-state index in [-0.39, 0.29) is 5.82 Å². The van der Waals surface area contributed by atoms with Crippen LogP contribution in [-0.2, 0) is 0 Å². The number of aliphatic hydroxyl groups excluding tert-OH is 1. The Morgan fingerprint density at radius 1 is 1.15 bits per heavy atom. The molecular weight excluding hydrogens is 167 g/mol. The molecule has 0 bridgehead atoms. The van der Waals surface area contributed by atoms with Crippen molar-refractivity contribution in [2.75, 3.05) is 0 Å². The van der Waals surface area contributed by atoms with E-state index in [1.165, 1.54) is 12.1 Å². The minimum Gasteiger partial charge on any atom is -0.389 e. The number of hydrogen-bond donors (Lipinski definition) is 1. The smallest absolute Gasteiger partial charge is 0.123 e. The fourth-order valence-electron chi connectivity index (χ4n) is 1.43. The summed E-state index contributed by atoms with van der Waals surface area (Å²) in [5, 5.41) is 9.41. The molecule has 0 spiro atoms. The first-order chi connectivity index (χ1) is 6.02. The molecule has 0 aromatic heterocycles. The molecule has 0 heterocycles. The average Bonchev–Trinajstić information content (AvgIpc) is 2.03. The highest BCUT2D eigenvalue weighted by molar-refractivity contribution is 5.31. The van der Waals surface area contributed by atoms with Gasteiger partial charge in [-0.1, -0.05) is 19.9 Å². The molecule has 72 valence electrons. The predicted molar refractivity (Wildman–Crippen MR) is 51.1 cm³/mol. The minimum atomic E-state index is -0.604. The Labute approximate surface area is 78.2 Å². The molecule has 0 amide bonds. The van der Waals surface area contributed by atoms with Crippen LogP contribution >= 0.6 is 0 Å². The molecule has 1 unspecified atom stereocenters. The van der Waals surface area contributed by atoms with Crippen molar-refractivity contribution in [2.45, 2.75) is 32.8 Å². The first kappa shape index (κ1) is 10.2. The molecule has 1 nitrogen and oxygen atoms in total. The van der Waals surface area contributed by atoms with E-state index in [0.717, 1.165) is 5.56 Å². The summed E-state index contributed by atoms with van der Waals surface area (Å²) >= 11 is 0. The van der Waals surface area contributed by atoms with Crippen molar-refractivity contribution in [1.82, 2.24) is 0 Å². The van der Waals surface area contributed by atoms with E-state index in [1.54, 1.807) is 13.0 Å². The Balaban J connectivity index is 3.19. The van der Waals surface area contributed by atoms with Gasteiger partial charge in [-0.25, -0.2) is 4.39 Å². The van der Waals surface area contributed by atoms with Crippen LogP contribution in [-0.4, -0.2) is 5.11 Å². The number of aliphatic hydroxyl groups is 1. The zero-order chi connectivity index (χ0) is 10.0. The highest BCUT2D eigenvalue weighted by Crippen LogP contribution is 2.25. The summed E-state index contributed by atoms with van der Waals surface area (Å²) in [5.74, 6) is 0.0190. The van der Waals surface area contributed by atoms with Crippen LogP contribution in [0.3, 0.4) is 0 Å². The number of benzene rings is 1. The molecule has 0 saturated carbocycles. The summed E-state index contributed by atoms with van der Waals surface area (Å²) in [6.45, 7) is 5.71. The fraction of sp³-hybridized carbons (Fsp3) is 0.455. The van der Waals surface area contributed by atoms with Crippen LogP contribution in [0.15, 0.2) is 18.2 Å². The summed E-state index contributed by atoms with van der Waals surface area (Å²) in [6, 6.07) is 4.57. The summed E-state index contributed by atoms with van der Waals surface area (Å²) in [6.07, 6.45) is -0.604. The van der Waals surface area contributed by atoms with Gasteiger partial charge >= 0.3 is 0 Å². The third-order valence-corrected chi connectivity index (χ3v) is 2.12. The Bertz CT molecular complexity index is 292. The topological polar surface area (TPSA) is 20.2 Å². The zero-order valence-electron chi connectivity index (χ0n) is 8.21. The van der Waals surface area contributed by atoms with Crippen molar-refractivity contribution in [3.05, 3.63) is 35.1 Å². The predicted octanol–water partition coefficient (Wildman–Crippen LogP) is 3.00. The summed E-state index contributed by atoms with van der Waals surface area (Å²) in [4.78, 5) is 0. The molecule has 2 heteroatoms. The first-order valence-electron chi connectivity index (χ1n) is 4.49. The van der Waals surface area contributed by atoms with Gasteiger partial charge in [0.15, 0.2) is 0 Å². The normalized spacial score (nSPS) is 13.4. The first-order valence-corrected chi connectivity index (χ1v) is 4.49. The van der Waals surface area contributed by atoms with Gasteiger partial charge in [-0.2, -0.15) is 0 Å². The van der Waals surface area contributed by atoms with Gasteiger partial charge in [0, 0.05) is 0 Å². The van der Waals surface area contributed by atoms with Gasteiger partial charge in [-0.05, 0) is 36.1 Å². The van der Waals surface area contributed by atoms with E-state index in [0.29, 0.717) is 11.5 Å². The standard InChI is InChI=1S/C11H15FO/c1-7(2)10-5-4-9(12)6-11(10)8(3)13/h4-8,13H,1-3H3. The Kier molecular flexibility index (Phi) is 3.04. The van der Waals surface area contributed by atoms with Gasteiger partial charge in [0.1, 0.15) is 5.82 Å². The van der Waals surface area contributed by atoms with Crippen molar-refractivity contribution in [1.29, 1.82) is 0 Å². The van der Waals surface area contributed by atoms with Crippen molar-refractivity contribution < 1.29 is 9.50 Å². The number of hydrogen-bond acceptors (Lipinski definition) is 1. The molecule has 1 atom stereocenters. The molecule has 13 heavy (non-hydrogen) atoms. The maximum Gasteiger partial charge on any atom is 0.123 e. The second-order valence-corrected chi connectivity index (χ2v) is 3.60. The highest BCUT2D eigenvalue weighted by atomic mass is 19.1. The van der Waals surface area contributed by atoms with E-state index in [1.807, 2.05) is 13.8 Å². The molecular formula is C11H15FO. The molecule has 0 fully saturated rings. The number of halogens is 1. The van der Waals surface area contributed by atoms with Crippen LogP contribution in [0.25, 0.3) is 0 Å². The average molecular weight is 182 g/mol. The third kappa shape index (κ3) is 2.28. The molecule has 1 aromatic rings. The van der Waals surface area contributed by atoms with Crippen LogP contribution in [0, 0.1) is 5.82 Å². The Morgan fingerprint density at radius 2 is 1.77 bits per heavy atom. The van der Waals surface area contributed by atoms with Gasteiger partial charge in [-0.3, -0.25) is 0 Å². The summed E-state index contributed by atoms with van der Waals surface area (Å²) in [7, 11) is 0. The lowest BCUT2D eigenvalue weighted by molar-refractivity contribution is 0.197. The Morgan fingerprint density at radius 3 is 2.23 bits per heavy atom. The molecule has 0 aliphatic rings. The minimum absolute atomic E-state index is 0.291. The number of rotatable bonds is 2. The molecule has 0 aliphatic carbocycles. The maximum absolute atomic E-state index is 12.9. The molecule has 1 N–H and O–H groups in total. The van der Waals surface area contributed by atoms with Gasteiger partial charge < -0.3 is 5.11 Å². The SMILES string of the molecule is CC(C)c1ccc(F)cc1C(C)O. The third-order valence-electron chi connectivity index (χ3n) is 2.12. The second kappa shape index (κ2) is 3.88. The quantitative estimate of drug-likeness (QED) is 0.745. The zero-order valence-corrected chi connectivity index (χ0v) is 8.21. The molecule has 0 saturated heterocycles. The van der Waals surface area contributed by atoms with E-state index in [9.17, 15) is 9.50 Å². The van der Waals surface area contributed by atoms with Crippen LogP contribution in [0.4, 0.5) is 4.39 Å². The summed E-state index contributed by atoms with van der Waals surface area (Å²) in [5.41, 5.74) is 1.70. The molecule has 0 radical (unpaired) electrons. The van der Waals surface area contributed by atoms with Crippen molar-refractivity contribution in [3.63, 3.8) is 0 Å². The van der Waals surface area contributed by atoms with Crippen LogP contribution in [0.1, 0.15) is 43.9 Å². The van der Waals surface area contributed by atoms with Crippen molar-refractivity contribution in [3.8, 4) is 0 Å². The van der Waals surface area contributed by atoms with E-state index >= 15 is 0 Å². The van der Waals surface area contributed by atoms with Gasteiger partial charge in [0.05, 0.1) is 6.10 Å². The second-order valence-electron chi connectivity index (χ2n) is 3.60. The summed E-state index contributed by atoms with van der Waals surface area (Å²) < 4.78 is 12.9. The lowest BCUT2D eigenvalue weighted by atomic mass is 9.94. The highest BCUT2D eigenvalue weighted by Gasteiger charge is 2.11. The fourth-order valence-corrected chi connectivity index (χ4v) is 1.43. The van der Waals surface area contributed by atoms with E-state index < -0.39 is 6.10 Å². The van der Waals surface area contributed by atoms with Gasteiger partial charge in [0.25, 0.3) is 0 Å². The molecule has 0 aliphatic heterocycles. The van der Waals surface area contributed by atoms with Gasteiger partial charge in [0.2, 0.25) is 0 Å². The monoisotopic (exact) mass is 182 g/mol. The largest absolute Gasteiger partial charge is 0.389 e. The van der Waals surface area contributed by atoms with E-state index in [4.69, 9.17) is 0 Å². The Hall–Kier alpha value is -0.890. The lowest BCUT2D eigenvalue weighted by Crippen LogP contribution is -2.00.